The maximum absolute atomic E-state index is 5.60. The van der Waals surface area contributed by atoms with Crippen LogP contribution >= 0.6 is 12.4 Å². The van der Waals surface area contributed by atoms with E-state index in [1.54, 1.807) is 4.68 Å². The van der Waals surface area contributed by atoms with Gasteiger partial charge < -0.3 is 10.3 Å². The number of halogens is 1. The Morgan fingerprint density at radius 3 is 2.48 bits per heavy atom. The summed E-state index contributed by atoms with van der Waals surface area (Å²) in [5.41, 5.74) is 9.40. The molecule has 0 fully saturated rings. The first-order valence-electron chi connectivity index (χ1n) is 7.26. The topological polar surface area (TPSA) is 82.8 Å². The highest BCUT2D eigenvalue weighted by molar-refractivity contribution is 5.85. The van der Waals surface area contributed by atoms with Gasteiger partial charge in [-0.3, -0.25) is 4.68 Å². The molecule has 0 aliphatic carbocycles. The van der Waals surface area contributed by atoms with Crippen molar-refractivity contribution in [2.75, 3.05) is 0 Å². The molecular formula is C16H20ClN5O. The summed E-state index contributed by atoms with van der Waals surface area (Å²) < 4.78 is 7.16. The Morgan fingerprint density at radius 1 is 1.22 bits per heavy atom. The van der Waals surface area contributed by atoms with E-state index in [1.807, 2.05) is 37.4 Å². The largest absolute Gasteiger partial charge is 0.332 e. The van der Waals surface area contributed by atoms with Crippen molar-refractivity contribution in [3.63, 3.8) is 0 Å². The van der Waals surface area contributed by atoms with Crippen molar-refractivity contribution in [2.45, 2.75) is 26.3 Å². The molecule has 0 spiro atoms. The number of aryl methyl sites for hydroxylation is 1. The number of nitrogens with zero attached hydrogens (tertiary/aromatic N) is 4. The van der Waals surface area contributed by atoms with Crippen LogP contribution in [0.1, 0.15) is 31.0 Å². The van der Waals surface area contributed by atoms with Crippen LogP contribution in [0.4, 0.5) is 0 Å². The van der Waals surface area contributed by atoms with Crippen molar-refractivity contribution < 1.29 is 4.52 Å². The minimum atomic E-state index is 0. The summed E-state index contributed by atoms with van der Waals surface area (Å²) in [5, 5.41) is 8.52. The Bertz CT molecular complexity index is 776. The molecular weight excluding hydrogens is 314 g/mol. The quantitative estimate of drug-likeness (QED) is 0.793. The zero-order valence-corrected chi connectivity index (χ0v) is 14.2. The molecule has 2 aromatic heterocycles. The van der Waals surface area contributed by atoms with E-state index >= 15 is 0 Å². The molecule has 122 valence electrons. The van der Waals surface area contributed by atoms with Gasteiger partial charge in [0.15, 0.2) is 0 Å². The van der Waals surface area contributed by atoms with E-state index < -0.39 is 0 Å². The van der Waals surface area contributed by atoms with Crippen LogP contribution in [0.15, 0.2) is 34.9 Å². The molecule has 3 aromatic rings. The normalized spacial score (nSPS) is 10.8. The van der Waals surface area contributed by atoms with Crippen molar-refractivity contribution in [1.82, 2.24) is 19.9 Å². The average Bonchev–Trinajstić information content (AvgIpc) is 3.14. The molecule has 0 radical (unpaired) electrons. The molecule has 0 aliphatic rings. The van der Waals surface area contributed by atoms with Gasteiger partial charge in [-0.1, -0.05) is 43.3 Å². The number of rotatable bonds is 4. The van der Waals surface area contributed by atoms with Crippen LogP contribution in [-0.2, 0) is 13.6 Å². The van der Waals surface area contributed by atoms with Gasteiger partial charge in [0.1, 0.15) is 5.69 Å². The van der Waals surface area contributed by atoms with Crippen LogP contribution < -0.4 is 5.73 Å². The van der Waals surface area contributed by atoms with Crippen LogP contribution in [0, 0.1) is 0 Å². The van der Waals surface area contributed by atoms with Crippen molar-refractivity contribution in [3.05, 3.63) is 41.6 Å². The lowest BCUT2D eigenvalue weighted by atomic mass is 10.1. The zero-order chi connectivity index (χ0) is 15.7. The van der Waals surface area contributed by atoms with E-state index in [0.29, 0.717) is 24.2 Å². The molecule has 0 saturated carbocycles. The third kappa shape index (κ3) is 3.43. The molecule has 2 heterocycles. The van der Waals surface area contributed by atoms with Crippen molar-refractivity contribution >= 4 is 12.4 Å². The van der Waals surface area contributed by atoms with Gasteiger partial charge in [0, 0.05) is 19.2 Å². The Morgan fingerprint density at radius 2 is 1.91 bits per heavy atom. The highest BCUT2D eigenvalue weighted by atomic mass is 35.5. The Kier molecular flexibility index (Phi) is 5.18. The first kappa shape index (κ1) is 17.2. The maximum Gasteiger partial charge on any atom is 0.276 e. The Balaban J connectivity index is 0.00000192. The van der Waals surface area contributed by atoms with E-state index in [4.69, 9.17) is 10.3 Å². The maximum atomic E-state index is 5.60. The van der Waals surface area contributed by atoms with E-state index in [9.17, 15) is 0 Å². The number of hydrogen-bond acceptors (Lipinski definition) is 5. The minimum absolute atomic E-state index is 0. The van der Waals surface area contributed by atoms with E-state index in [2.05, 4.69) is 29.1 Å². The summed E-state index contributed by atoms with van der Waals surface area (Å²) in [6.45, 7) is 4.72. The molecule has 0 atom stereocenters. The van der Waals surface area contributed by atoms with Gasteiger partial charge in [0.05, 0.1) is 5.69 Å². The number of benzene rings is 1. The molecule has 2 N–H and O–H groups in total. The van der Waals surface area contributed by atoms with Crippen LogP contribution in [0.5, 0.6) is 0 Å². The molecule has 3 rings (SSSR count). The molecule has 0 bridgehead atoms. The molecule has 1 aromatic carbocycles. The van der Waals surface area contributed by atoms with Gasteiger partial charge in [0.2, 0.25) is 5.82 Å². The van der Waals surface area contributed by atoms with Crippen molar-refractivity contribution in [3.8, 4) is 23.0 Å². The van der Waals surface area contributed by atoms with Gasteiger partial charge >= 0.3 is 0 Å². The van der Waals surface area contributed by atoms with Crippen molar-refractivity contribution in [2.24, 2.45) is 12.8 Å². The van der Waals surface area contributed by atoms with E-state index in [0.717, 1.165) is 22.5 Å². The molecule has 0 amide bonds. The van der Waals surface area contributed by atoms with Crippen LogP contribution in [0.3, 0.4) is 0 Å². The summed E-state index contributed by atoms with van der Waals surface area (Å²) >= 11 is 0. The Hall–Kier alpha value is -2.18. The van der Waals surface area contributed by atoms with Gasteiger partial charge in [-0.15, -0.1) is 12.4 Å². The monoisotopic (exact) mass is 333 g/mol. The molecule has 23 heavy (non-hydrogen) atoms. The fourth-order valence-electron chi connectivity index (χ4n) is 2.21. The Labute approximate surface area is 141 Å². The van der Waals surface area contributed by atoms with Crippen LogP contribution in [-0.4, -0.2) is 19.9 Å². The lowest BCUT2D eigenvalue weighted by Crippen LogP contribution is -1.96. The standard InChI is InChI=1S/C16H19N5O.ClH/c1-10(2)13-8-14(21(3)19-13)16-18-15(20-22-16)12-6-4-11(9-17)5-7-12;/h4-8,10H,9,17H2,1-3H3;1H. The summed E-state index contributed by atoms with van der Waals surface area (Å²) in [4.78, 5) is 4.47. The number of aromatic nitrogens is 4. The van der Waals surface area contributed by atoms with E-state index in [-0.39, 0.29) is 12.4 Å². The van der Waals surface area contributed by atoms with Gasteiger partial charge in [0.25, 0.3) is 5.89 Å². The average molecular weight is 334 g/mol. The second-order valence-electron chi connectivity index (χ2n) is 5.56. The fourth-order valence-corrected chi connectivity index (χ4v) is 2.21. The lowest BCUT2D eigenvalue weighted by molar-refractivity contribution is 0.428. The van der Waals surface area contributed by atoms with Crippen LogP contribution in [0.2, 0.25) is 0 Å². The highest BCUT2D eigenvalue weighted by Crippen LogP contribution is 2.24. The van der Waals surface area contributed by atoms with Gasteiger partial charge in [-0.25, -0.2) is 0 Å². The first-order chi connectivity index (χ1) is 10.6. The van der Waals surface area contributed by atoms with E-state index in [1.165, 1.54) is 0 Å². The third-order valence-electron chi connectivity index (χ3n) is 3.58. The summed E-state index contributed by atoms with van der Waals surface area (Å²) in [6.07, 6.45) is 0. The third-order valence-corrected chi connectivity index (χ3v) is 3.58. The second kappa shape index (κ2) is 6.93. The molecule has 6 nitrogen and oxygen atoms in total. The molecule has 0 saturated heterocycles. The summed E-state index contributed by atoms with van der Waals surface area (Å²) in [5.74, 6) is 1.39. The predicted octanol–water partition coefficient (Wildman–Crippen LogP) is 3.14. The van der Waals surface area contributed by atoms with Crippen molar-refractivity contribution in [1.29, 1.82) is 0 Å². The zero-order valence-electron chi connectivity index (χ0n) is 13.4. The first-order valence-corrected chi connectivity index (χ1v) is 7.26. The highest BCUT2D eigenvalue weighted by Gasteiger charge is 2.16. The van der Waals surface area contributed by atoms with Gasteiger partial charge in [-0.05, 0) is 17.5 Å². The predicted molar refractivity (Wildman–Crippen MR) is 91.2 cm³/mol. The van der Waals surface area contributed by atoms with Gasteiger partial charge in [-0.2, -0.15) is 10.1 Å². The lowest BCUT2D eigenvalue weighted by Gasteiger charge is -1.97. The number of hydrogen-bond donors (Lipinski definition) is 1. The summed E-state index contributed by atoms with van der Waals surface area (Å²) in [6, 6.07) is 9.80. The molecule has 0 unspecified atom stereocenters. The smallest absolute Gasteiger partial charge is 0.276 e. The molecule has 0 aliphatic heterocycles. The SMILES string of the molecule is CC(C)c1cc(-c2nc(-c3ccc(CN)cc3)no2)n(C)n1.Cl. The minimum Gasteiger partial charge on any atom is -0.332 e. The van der Waals surface area contributed by atoms with Crippen LogP contribution in [0.25, 0.3) is 23.0 Å². The number of nitrogens with two attached hydrogens (primary N) is 1. The summed E-state index contributed by atoms with van der Waals surface area (Å²) in [7, 11) is 1.88. The fraction of sp³-hybridized carbons (Fsp3) is 0.312. The second-order valence-corrected chi connectivity index (χ2v) is 5.56. The molecule has 7 heteroatoms.